The minimum absolute atomic E-state index is 0.00253. The molecule has 3 rings (SSSR count). The molecule has 6 nitrogen and oxygen atoms in total. The second-order valence-electron chi connectivity index (χ2n) is 9.98. The minimum Gasteiger partial charge on any atom is -0.508 e. The van der Waals surface area contributed by atoms with Crippen LogP contribution in [0.3, 0.4) is 0 Å². The predicted octanol–water partition coefficient (Wildman–Crippen LogP) is 4.41. The number of carbonyl (C=O) groups is 1. The van der Waals surface area contributed by atoms with Crippen molar-refractivity contribution in [2.24, 2.45) is 0 Å². The number of amides is 1. The summed E-state index contributed by atoms with van der Waals surface area (Å²) in [5.41, 5.74) is 1.90. The van der Waals surface area contributed by atoms with Gasteiger partial charge in [0.1, 0.15) is 5.75 Å². The van der Waals surface area contributed by atoms with Crippen LogP contribution < -0.4 is 10.6 Å². The SMILES string of the molecule is CC(C)(Cc1cccc(CC(=O)NCc2cccc(C(F)(F)F)c2)c1)NCC(O)c1ccc(O)c(CO)c1. The molecule has 0 fully saturated rings. The number of aliphatic hydroxyl groups excluding tert-OH is 2. The topological polar surface area (TPSA) is 102 Å². The van der Waals surface area contributed by atoms with Crippen LogP contribution in [0.25, 0.3) is 0 Å². The summed E-state index contributed by atoms with van der Waals surface area (Å²) in [7, 11) is 0. The van der Waals surface area contributed by atoms with Crippen LogP contribution in [0.15, 0.2) is 66.7 Å². The van der Waals surface area contributed by atoms with Gasteiger partial charge in [-0.1, -0.05) is 42.5 Å². The molecule has 0 aliphatic carbocycles. The first-order valence-electron chi connectivity index (χ1n) is 12.2. The van der Waals surface area contributed by atoms with Crippen LogP contribution in [0.5, 0.6) is 5.75 Å². The largest absolute Gasteiger partial charge is 0.508 e. The molecular weight excluding hydrogens is 497 g/mol. The van der Waals surface area contributed by atoms with Gasteiger partial charge in [0.05, 0.1) is 24.7 Å². The van der Waals surface area contributed by atoms with E-state index >= 15 is 0 Å². The number of rotatable bonds is 11. The molecule has 38 heavy (non-hydrogen) atoms. The summed E-state index contributed by atoms with van der Waals surface area (Å²) >= 11 is 0. The molecule has 0 saturated carbocycles. The first-order chi connectivity index (χ1) is 17.9. The molecule has 0 spiro atoms. The van der Waals surface area contributed by atoms with Crippen LogP contribution in [0.1, 0.15) is 53.3 Å². The zero-order valence-corrected chi connectivity index (χ0v) is 21.3. The van der Waals surface area contributed by atoms with E-state index in [0.29, 0.717) is 23.1 Å². The van der Waals surface area contributed by atoms with Gasteiger partial charge in [0.25, 0.3) is 0 Å². The van der Waals surface area contributed by atoms with Crippen LogP contribution in [0, 0.1) is 0 Å². The van der Waals surface area contributed by atoms with Gasteiger partial charge < -0.3 is 26.0 Å². The van der Waals surface area contributed by atoms with Crippen LogP contribution in [-0.4, -0.2) is 33.3 Å². The Bertz CT molecular complexity index is 1240. The number of carbonyl (C=O) groups excluding carboxylic acids is 1. The van der Waals surface area contributed by atoms with E-state index in [0.717, 1.165) is 23.3 Å². The highest BCUT2D eigenvalue weighted by molar-refractivity contribution is 5.78. The lowest BCUT2D eigenvalue weighted by molar-refractivity contribution is -0.137. The molecule has 0 saturated heterocycles. The Hall–Kier alpha value is -3.40. The Morgan fingerprint density at radius 1 is 0.947 bits per heavy atom. The van der Waals surface area contributed by atoms with Crippen molar-refractivity contribution in [3.63, 3.8) is 0 Å². The second-order valence-corrected chi connectivity index (χ2v) is 9.98. The molecule has 0 bridgehead atoms. The number of alkyl halides is 3. The maximum Gasteiger partial charge on any atom is 0.416 e. The fourth-order valence-electron chi connectivity index (χ4n) is 4.16. The molecule has 5 N–H and O–H groups in total. The van der Waals surface area contributed by atoms with Crippen LogP contribution in [0.2, 0.25) is 0 Å². The Morgan fingerprint density at radius 3 is 2.34 bits per heavy atom. The molecule has 0 heterocycles. The number of aliphatic hydroxyl groups is 2. The van der Waals surface area contributed by atoms with Gasteiger partial charge in [-0.15, -0.1) is 0 Å². The van der Waals surface area contributed by atoms with Gasteiger partial charge in [-0.2, -0.15) is 13.2 Å². The van der Waals surface area contributed by atoms with Crippen molar-refractivity contribution in [2.45, 2.75) is 57.7 Å². The van der Waals surface area contributed by atoms with Crippen molar-refractivity contribution < 1.29 is 33.3 Å². The third-order valence-corrected chi connectivity index (χ3v) is 6.18. The zero-order valence-electron chi connectivity index (χ0n) is 21.3. The highest BCUT2D eigenvalue weighted by atomic mass is 19.4. The number of nitrogens with one attached hydrogen (secondary N) is 2. The molecule has 1 amide bonds. The van der Waals surface area contributed by atoms with Gasteiger partial charge in [0.2, 0.25) is 5.91 Å². The number of hydrogen-bond acceptors (Lipinski definition) is 5. The Morgan fingerprint density at radius 2 is 1.63 bits per heavy atom. The van der Waals surface area contributed by atoms with Crippen molar-refractivity contribution in [3.05, 3.63) is 100 Å². The summed E-state index contributed by atoms with van der Waals surface area (Å²) in [6.45, 7) is 3.90. The lowest BCUT2D eigenvalue weighted by Gasteiger charge is -2.28. The zero-order chi connectivity index (χ0) is 27.9. The smallest absolute Gasteiger partial charge is 0.416 e. The van der Waals surface area contributed by atoms with Crippen molar-refractivity contribution in [3.8, 4) is 5.75 Å². The summed E-state index contributed by atoms with van der Waals surface area (Å²) in [4.78, 5) is 12.4. The average molecular weight is 531 g/mol. The Kier molecular flexibility index (Phi) is 9.54. The highest BCUT2D eigenvalue weighted by Gasteiger charge is 2.30. The lowest BCUT2D eigenvalue weighted by Crippen LogP contribution is -2.43. The standard InChI is InChI=1S/C29H33F3N2O4/c1-28(2,34-17-26(37)22-9-10-25(36)23(14-22)18-35)15-20-6-3-5-19(11-20)13-27(38)33-16-21-7-4-8-24(12-21)29(30,31)32/h3-12,14,26,34-37H,13,15-18H2,1-2H3,(H,33,38). The maximum absolute atomic E-state index is 12.9. The van der Waals surface area contributed by atoms with Gasteiger partial charge in [-0.25, -0.2) is 0 Å². The second kappa shape index (κ2) is 12.4. The van der Waals surface area contributed by atoms with Crippen molar-refractivity contribution >= 4 is 5.91 Å². The fraction of sp³-hybridized carbons (Fsp3) is 0.345. The van der Waals surface area contributed by atoms with E-state index in [9.17, 15) is 33.3 Å². The van der Waals surface area contributed by atoms with Crippen molar-refractivity contribution in [1.82, 2.24) is 10.6 Å². The molecule has 3 aromatic carbocycles. The van der Waals surface area contributed by atoms with E-state index in [4.69, 9.17) is 0 Å². The molecule has 0 aliphatic heterocycles. The molecule has 1 unspecified atom stereocenters. The van der Waals surface area contributed by atoms with Crippen molar-refractivity contribution in [2.75, 3.05) is 6.54 Å². The minimum atomic E-state index is -4.43. The fourth-order valence-corrected chi connectivity index (χ4v) is 4.16. The molecule has 3 aromatic rings. The van der Waals surface area contributed by atoms with E-state index in [1.807, 2.05) is 38.1 Å². The monoisotopic (exact) mass is 530 g/mol. The third-order valence-electron chi connectivity index (χ3n) is 6.18. The van der Waals surface area contributed by atoms with Gasteiger partial charge in [0.15, 0.2) is 0 Å². The normalized spacial score (nSPS) is 12.8. The molecule has 204 valence electrons. The summed E-state index contributed by atoms with van der Waals surface area (Å²) in [5, 5.41) is 35.6. The quantitative estimate of drug-likeness (QED) is 0.253. The van der Waals surface area contributed by atoms with Crippen LogP contribution in [-0.2, 0) is 37.0 Å². The average Bonchev–Trinajstić information content (AvgIpc) is 2.86. The van der Waals surface area contributed by atoms with Gasteiger partial charge in [0, 0.05) is 24.2 Å². The molecule has 0 aromatic heterocycles. The Balaban J connectivity index is 1.53. The van der Waals surface area contributed by atoms with E-state index in [1.54, 1.807) is 12.1 Å². The number of hydrogen-bond donors (Lipinski definition) is 5. The summed E-state index contributed by atoms with van der Waals surface area (Å²) in [6.07, 6.45) is -4.58. The molecule has 0 radical (unpaired) electrons. The Labute approximate surface area is 220 Å². The van der Waals surface area contributed by atoms with E-state index in [1.165, 1.54) is 18.2 Å². The third kappa shape index (κ3) is 8.58. The number of aromatic hydroxyl groups is 1. The highest BCUT2D eigenvalue weighted by Crippen LogP contribution is 2.29. The summed E-state index contributed by atoms with van der Waals surface area (Å²) in [5.74, 6) is -0.322. The van der Waals surface area contributed by atoms with Crippen LogP contribution in [0.4, 0.5) is 13.2 Å². The first kappa shape index (κ1) is 29.2. The predicted molar refractivity (Wildman–Crippen MR) is 138 cm³/mol. The van der Waals surface area contributed by atoms with Gasteiger partial charge >= 0.3 is 6.18 Å². The van der Waals surface area contributed by atoms with Gasteiger partial charge in [-0.05, 0) is 66.8 Å². The van der Waals surface area contributed by atoms with Crippen LogP contribution >= 0.6 is 0 Å². The molecule has 1 atom stereocenters. The number of halogens is 3. The molecule has 9 heteroatoms. The summed E-state index contributed by atoms with van der Waals surface area (Å²) in [6, 6.07) is 17.0. The lowest BCUT2D eigenvalue weighted by atomic mass is 9.93. The summed E-state index contributed by atoms with van der Waals surface area (Å²) < 4.78 is 38.7. The van der Waals surface area contributed by atoms with E-state index in [-0.39, 0.29) is 37.8 Å². The number of benzene rings is 3. The molecular formula is C29H33F3N2O4. The van der Waals surface area contributed by atoms with Crippen molar-refractivity contribution in [1.29, 1.82) is 0 Å². The first-order valence-corrected chi connectivity index (χ1v) is 12.2. The van der Waals surface area contributed by atoms with E-state index in [2.05, 4.69) is 10.6 Å². The maximum atomic E-state index is 12.9. The molecule has 0 aliphatic rings. The van der Waals surface area contributed by atoms with Gasteiger partial charge in [-0.3, -0.25) is 4.79 Å². The van der Waals surface area contributed by atoms with E-state index < -0.39 is 23.4 Å². The number of β-amino-alcohol motifs (C(OH)–C–C–N with tert-alkyl or cyclic N) is 1. The number of phenols is 1.